The zero-order valence-corrected chi connectivity index (χ0v) is 11.0. The van der Waals surface area contributed by atoms with Gasteiger partial charge in [-0.25, -0.2) is 0 Å². The average Bonchev–Trinajstić information content (AvgIpc) is 2.39. The van der Waals surface area contributed by atoms with Crippen LogP contribution in [0.4, 0.5) is 11.4 Å². The molecule has 0 aliphatic heterocycles. The number of carbonyl (C=O) groups is 1. The van der Waals surface area contributed by atoms with E-state index in [1.807, 2.05) is 0 Å². The average molecular weight is 279 g/mol. The SMILES string of the molecule is O=C(O)CC1(Nc2ccncc2[N+](=O)[O-])CCCCC1. The van der Waals surface area contributed by atoms with Gasteiger partial charge in [0, 0.05) is 11.7 Å². The van der Waals surface area contributed by atoms with Gasteiger partial charge < -0.3 is 10.4 Å². The molecule has 1 aromatic heterocycles. The molecule has 1 saturated carbocycles. The molecule has 20 heavy (non-hydrogen) atoms. The van der Waals surface area contributed by atoms with Crippen LogP contribution in [0.5, 0.6) is 0 Å². The Morgan fingerprint density at radius 3 is 2.75 bits per heavy atom. The number of anilines is 1. The molecule has 1 fully saturated rings. The summed E-state index contributed by atoms with van der Waals surface area (Å²) in [7, 11) is 0. The van der Waals surface area contributed by atoms with Crippen LogP contribution in [0, 0.1) is 10.1 Å². The number of carboxylic acid groups (broad SMARTS) is 1. The van der Waals surface area contributed by atoms with Crippen molar-refractivity contribution in [1.29, 1.82) is 0 Å². The number of pyridine rings is 1. The third kappa shape index (κ3) is 3.23. The molecular formula is C13H17N3O4. The Balaban J connectivity index is 2.28. The number of aliphatic carboxylic acids is 1. The van der Waals surface area contributed by atoms with E-state index in [9.17, 15) is 14.9 Å². The van der Waals surface area contributed by atoms with Gasteiger partial charge in [-0.2, -0.15) is 0 Å². The van der Waals surface area contributed by atoms with Gasteiger partial charge in [0.05, 0.1) is 11.3 Å². The highest BCUT2D eigenvalue weighted by Gasteiger charge is 2.35. The lowest BCUT2D eigenvalue weighted by Gasteiger charge is -2.37. The Labute approximate surface area is 116 Å². The van der Waals surface area contributed by atoms with Gasteiger partial charge in [0.15, 0.2) is 0 Å². The minimum Gasteiger partial charge on any atom is -0.481 e. The molecule has 1 aromatic rings. The third-order valence-electron chi connectivity index (χ3n) is 3.70. The first kappa shape index (κ1) is 14.2. The minimum atomic E-state index is -0.892. The standard InChI is InChI=1S/C13H17N3O4/c17-12(18)8-13(5-2-1-3-6-13)15-10-4-7-14-9-11(10)16(19)20/h4,7,9H,1-3,5-6,8H2,(H,14,15)(H,17,18). The minimum absolute atomic E-state index is 0.0352. The van der Waals surface area contributed by atoms with Crippen molar-refractivity contribution in [3.05, 3.63) is 28.6 Å². The van der Waals surface area contributed by atoms with Gasteiger partial charge in [-0.05, 0) is 18.9 Å². The first-order valence-electron chi connectivity index (χ1n) is 6.61. The number of hydrogen-bond acceptors (Lipinski definition) is 5. The van der Waals surface area contributed by atoms with Gasteiger partial charge in [-0.3, -0.25) is 19.9 Å². The highest BCUT2D eigenvalue weighted by atomic mass is 16.6. The van der Waals surface area contributed by atoms with Crippen molar-refractivity contribution in [3.8, 4) is 0 Å². The van der Waals surface area contributed by atoms with Crippen molar-refractivity contribution in [2.45, 2.75) is 44.1 Å². The van der Waals surface area contributed by atoms with Crippen molar-refractivity contribution < 1.29 is 14.8 Å². The normalized spacial score (nSPS) is 17.4. The van der Waals surface area contributed by atoms with Crippen molar-refractivity contribution in [3.63, 3.8) is 0 Å². The van der Waals surface area contributed by atoms with E-state index in [-0.39, 0.29) is 12.1 Å². The quantitative estimate of drug-likeness (QED) is 0.634. The lowest BCUT2D eigenvalue weighted by molar-refractivity contribution is -0.384. The molecule has 1 heterocycles. The highest BCUT2D eigenvalue weighted by molar-refractivity contribution is 5.70. The van der Waals surface area contributed by atoms with Crippen LogP contribution in [0.15, 0.2) is 18.5 Å². The van der Waals surface area contributed by atoms with Crippen molar-refractivity contribution >= 4 is 17.3 Å². The number of nitro groups is 1. The Kier molecular flexibility index (Phi) is 4.16. The summed E-state index contributed by atoms with van der Waals surface area (Å²) in [5.41, 5.74) is -0.382. The molecule has 1 aliphatic rings. The van der Waals surface area contributed by atoms with E-state index in [0.717, 1.165) is 19.3 Å². The molecule has 108 valence electrons. The van der Waals surface area contributed by atoms with Crippen LogP contribution in [0.3, 0.4) is 0 Å². The molecule has 0 radical (unpaired) electrons. The topological polar surface area (TPSA) is 105 Å². The maximum Gasteiger partial charge on any atom is 0.310 e. The van der Waals surface area contributed by atoms with Gasteiger partial charge in [0.1, 0.15) is 11.9 Å². The van der Waals surface area contributed by atoms with E-state index in [0.29, 0.717) is 18.5 Å². The Bertz CT molecular complexity index is 512. The summed E-state index contributed by atoms with van der Waals surface area (Å²) in [5.74, 6) is -0.892. The summed E-state index contributed by atoms with van der Waals surface area (Å²) in [5, 5.41) is 23.2. The number of nitrogens with one attached hydrogen (secondary N) is 1. The summed E-state index contributed by atoms with van der Waals surface area (Å²) in [6.45, 7) is 0. The first-order valence-corrected chi connectivity index (χ1v) is 6.61. The van der Waals surface area contributed by atoms with Crippen LogP contribution < -0.4 is 5.32 Å². The maximum absolute atomic E-state index is 11.1. The number of rotatable bonds is 5. The second kappa shape index (κ2) is 5.85. The Hall–Kier alpha value is -2.18. The number of hydrogen-bond donors (Lipinski definition) is 2. The van der Waals surface area contributed by atoms with E-state index in [4.69, 9.17) is 5.11 Å². The molecule has 7 heteroatoms. The fourth-order valence-corrected chi connectivity index (χ4v) is 2.79. The fraction of sp³-hybridized carbons (Fsp3) is 0.538. The molecule has 0 saturated heterocycles. The predicted octanol–water partition coefficient (Wildman–Crippen LogP) is 2.58. The predicted molar refractivity (Wildman–Crippen MR) is 72.6 cm³/mol. The van der Waals surface area contributed by atoms with Gasteiger partial charge >= 0.3 is 11.7 Å². The van der Waals surface area contributed by atoms with Crippen LogP contribution in [0.2, 0.25) is 0 Å². The Morgan fingerprint density at radius 2 is 2.15 bits per heavy atom. The van der Waals surface area contributed by atoms with Gasteiger partial charge in [0.2, 0.25) is 0 Å². The molecule has 2 N–H and O–H groups in total. The molecule has 7 nitrogen and oxygen atoms in total. The number of carboxylic acids is 1. The monoisotopic (exact) mass is 279 g/mol. The van der Waals surface area contributed by atoms with Gasteiger partial charge in [0.25, 0.3) is 0 Å². The molecule has 0 unspecified atom stereocenters. The second-order valence-corrected chi connectivity index (χ2v) is 5.19. The molecule has 0 atom stereocenters. The van der Waals surface area contributed by atoms with E-state index in [2.05, 4.69) is 10.3 Å². The van der Waals surface area contributed by atoms with E-state index >= 15 is 0 Å². The lowest BCUT2D eigenvalue weighted by atomic mass is 9.79. The van der Waals surface area contributed by atoms with Gasteiger partial charge in [-0.1, -0.05) is 19.3 Å². The summed E-state index contributed by atoms with van der Waals surface area (Å²) < 4.78 is 0. The molecule has 1 aliphatic carbocycles. The first-order chi connectivity index (χ1) is 9.52. The van der Waals surface area contributed by atoms with Crippen LogP contribution >= 0.6 is 0 Å². The van der Waals surface area contributed by atoms with Crippen molar-refractivity contribution in [2.75, 3.05) is 5.32 Å². The van der Waals surface area contributed by atoms with E-state index in [1.54, 1.807) is 0 Å². The van der Waals surface area contributed by atoms with Crippen LogP contribution in [0.25, 0.3) is 0 Å². The zero-order chi connectivity index (χ0) is 14.6. The van der Waals surface area contributed by atoms with Crippen molar-refractivity contribution in [1.82, 2.24) is 4.98 Å². The highest BCUT2D eigenvalue weighted by Crippen LogP contribution is 2.36. The maximum atomic E-state index is 11.1. The van der Waals surface area contributed by atoms with E-state index < -0.39 is 16.4 Å². The number of nitrogens with zero attached hydrogens (tertiary/aromatic N) is 2. The Morgan fingerprint density at radius 1 is 1.45 bits per heavy atom. The molecule has 0 spiro atoms. The molecule has 0 aromatic carbocycles. The molecular weight excluding hydrogens is 262 g/mol. The second-order valence-electron chi connectivity index (χ2n) is 5.19. The fourth-order valence-electron chi connectivity index (χ4n) is 2.79. The van der Waals surface area contributed by atoms with Crippen LogP contribution in [0.1, 0.15) is 38.5 Å². The number of aromatic nitrogens is 1. The lowest BCUT2D eigenvalue weighted by Crippen LogP contribution is -2.42. The third-order valence-corrected chi connectivity index (χ3v) is 3.70. The van der Waals surface area contributed by atoms with Crippen LogP contribution in [-0.2, 0) is 4.79 Å². The molecule has 0 amide bonds. The summed E-state index contributed by atoms with van der Waals surface area (Å²) >= 11 is 0. The summed E-state index contributed by atoms with van der Waals surface area (Å²) in [4.78, 5) is 25.3. The largest absolute Gasteiger partial charge is 0.481 e. The van der Waals surface area contributed by atoms with Crippen LogP contribution in [-0.4, -0.2) is 26.5 Å². The molecule has 0 bridgehead atoms. The molecule has 2 rings (SSSR count). The summed E-state index contributed by atoms with van der Waals surface area (Å²) in [6, 6.07) is 1.52. The van der Waals surface area contributed by atoms with E-state index in [1.165, 1.54) is 18.5 Å². The zero-order valence-electron chi connectivity index (χ0n) is 11.0. The summed E-state index contributed by atoms with van der Waals surface area (Å²) in [6.07, 6.45) is 6.95. The van der Waals surface area contributed by atoms with Gasteiger partial charge in [-0.15, -0.1) is 0 Å². The van der Waals surface area contributed by atoms with Crippen molar-refractivity contribution in [2.24, 2.45) is 0 Å². The smallest absolute Gasteiger partial charge is 0.310 e.